The molecule has 3 heterocycles. The van der Waals surface area contributed by atoms with Gasteiger partial charge in [-0.15, -0.1) is 0 Å². The fourth-order valence-electron chi connectivity index (χ4n) is 5.74. The minimum atomic E-state index is -0.942. The zero-order valence-corrected chi connectivity index (χ0v) is 23.2. The van der Waals surface area contributed by atoms with Gasteiger partial charge in [0.2, 0.25) is 5.91 Å². The number of carbonyl (C=O) groups is 2. The van der Waals surface area contributed by atoms with Gasteiger partial charge in [0.05, 0.1) is 0 Å². The van der Waals surface area contributed by atoms with Crippen LogP contribution in [0.3, 0.4) is 0 Å². The first-order valence-electron chi connectivity index (χ1n) is 13.8. The molecule has 0 spiro atoms. The van der Waals surface area contributed by atoms with E-state index in [2.05, 4.69) is 46.5 Å². The van der Waals surface area contributed by atoms with Crippen LogP contribution in [0.15, 0.2) is 85.5 Å². The van der Waals surface area contributed by atoms with Crippen molar-refractivity contribution in [2.24, 2.45) is 0 Å². The van der Waals surface area contributed by atoms with E-state index in [1.165, 1.54) is 17.5 Å². The lowest BCUT2D eigenvalue weighted by Gasteiger charge is -2.50. The molecule has 208 valence electrons. The Hall–Kier alpha value is -4.72. The lowest BCUT2D eigenvalue weighted by Crippen LogP contribution is -2.60. The van der Waals surface area contributed by atoms with E-state index in [9.17, 15) is 9.59 Å². The monoisotopic (exact) mass is 548 g/mol. The van der Waals surface area contributed by atoms with Gasteiger partial charge in [-0.3, -0.25) is 14.5 Å². The number of nitrogens with zero attached hydrogens (tertiary/aromatic N) is 3. The third-order valence-electron chi connectivity index (χ3n) is 7.73. The van der Waals surface area contributed by atoms with E-state index in [0.29, 0.717) is 48.7 Å². The molecule has 2 aliphatic heterocycles. The highest BCUT2D eigenvalue weighted by molar-refractivity contribution is 5.99. The number of carbonyl (C=O) groups excluding carboxylic acids is 2. The normalized spacial score (nSPS) is 19.2. The second kappa shape index (κ2) is 11.0. The number of ether oxygens (including phenoxy) is 2. The molecule has 2 unspecified atom stereocenters. The van der Waals surface area contributed by atoms with Crippen molar-refractivity contribution in [1.82, 2.24) is 15.3 Å². The smallest absolute Gasteiger partial charge is 0.251 e. The van der Waals surface area contributed by atoms with Crippen molar-refractivity contribution in [3.8, 4) is 11.5 Å². The SMILES string of the molecule is Cc1ccc(CCNC(=O)c2cccc(N3C(=O)CC4CC3(C)Oc3c(OCc5cncnc5)cccc34)c2)cc1. The third-order valence-corrected chi connectivity index (χ3v) is 7.73. The molecular weight excluding hydrogens is 516 g/mol. The molecule has 3 aromatic carbocycles. The average Bonchev–Trinajstić information content (AvgIpc) is 2.97. The van der Waals surface area contributed by atoms with E-state index in [1.54, 1.807) is 35.5 Å². The van der Waals surface area contributed by atoms with Gasteiger partial charge in [0.15, 0.2) is 17.2 Å². The topological polar surface area (TPSA) is 93.7 Å². The summed E-state index contributed by atoms with van der Waals surface area (Å²) in [4.78, 5) is 36.4. The molecule has 0 aliphatic carbocycles. The number of hydrogen-bond donors (Lipinski definition) is 1. The van der Waals surface area contributed by atoms with Gasteiger partial charge in [0.25, 0.3) is 5.91 Å². The molecule has 0 saturated carbocycles. The third kappa shape index (κ3) is 5.50. The summed E-state index contributed by atoms with van der Waals surface area (Å²) >= 11 is 0. The molecule has 1 fully saturated rings. The number of piperidine rings is 1. The maximum atomic E-state index is 13.6. The fraction of sp³-hybridized carbons (Fsp3) is 0.273. The molecule has 8 heteroatoms. The lowest BCUT2D eigenvalue weighted by molar-refractivity contribution is -0.127. The van der Waals surface area contributed by atoms with Crippen LogP contribution in [-0.2, 0) is 17.8 Å². The second-order valence-corrected chi connectivity index (χ2v) is 10.9. The Morgan fingerprint density at radius 2 is 1.85 bits per heavy atom. The minimum absolute atomic E-state index is 0.00404. The van der Waals surface area contributed by atoms with Gasteiger partial charge in [0.1, 0.15) is 12.9 Å². The number of para-hydroxylation sites is 1. The van der Waals surface area contributed by atoms with Gasteiger partial charge in [-0.2, -0.15) is 0 Å². The predicted molar refractivity (Wildman–Crippen MR) is 155 cm³/mol. The average molecular weight is 549 g/mol. The van der Waals surface area contributed by atoms with E-state index in [0.717, 1.165) is 17.5 Å². The predicted octanol–water partition coefficient (Wildman–Crippen LogP) is 5.36. The summed E-state index contributed by atoms with van der Waals surface area (Å²) in [5.74, 6) is 1.04. The van der Waals surface area contributed by atoms with Crippen LogP contribution in [0.5, 0.6) is 11.5 Å². The highest BCUT2D eigenvalue weighted by Gasteiger charge is 2.50. The molecule has 1 N–H and O–H groups in total. The zero-order valence-electron chi connectivity index (χ0n) is 23.2. The molecule has 0 radical (unpaired) electrons. The van der Waals surface area contributed by atoms with Crippen molar-refractivity contribution in [3.63, 3.8) is 0 Å². The van der Waals surface area contributed by atoms with Gasteiger partial charge in [-0.05, 0) is 50.1 Å². The first-order valence-corrected chi connectivity index (χ1v) is 13.8. The van der Waals surface area contributed by atoms with Crippen LogP contribution in [0.25, 0.3) is 0 Å². The maximum Gasteiger partial charge on any atom is 0.251 e. The quantitative estimate of drug-likeness (QED) is 0.319. The van der Waals surface area contributed by atoms with Crippen LogP contribution in [0, 0.1) is 6.92 Å². The molecule has 41 heavy (non-hydrogen) atoms. The van der Waals surface area contributed by atoms with Crippen molar-refractivity contribution in [3.05, 3.63) is 113 Å². The Bertz CT molecular complexity index is 1570. The number of nitrogens with one attached hydrogen (secondary N) is 1. The van der Waals surface area contributed by atoms with Crippen molar-refractivity contribution >= 4 is 17.5 Å². The fourth-order valence-corrected chi connectivity index (χ4v) is 5.74. The van der Waals surface area contributed by atoms with E-state index < -0.39 is 5.72 Å². The molecule has 2 amide bonds. The van der Waals surface area contributed by atoms with Gasteiger partial charge in [-0.1, -0.05) is 48.0 Å². The van der Waals surface area contributed by atoms with E-state index in [1.807, 2.05) is 31.2 Å². The second-order valence-electron chi connectivity index (χ2n) is 10.9. The van der Waals surface area contributed by atoms with E-state index in [-0.39, 0.29) is 17.7 Å². The Labute approximate surface area is 239 Å². The van der Waals surface area contributed by atoms with Crippen LogP contribution < -0.4 is 19.7 Å². The van der Waals surface area contributed by atoms with Crippen LogP contribution in [0.4, 0.5) is 5.69 Å². The Kier molecular flexibility index (Phi) is 7.14. The summed E-state index contributed by atoms with van der Waals surface area (Å²) < 4.78 is 12.8. The van der Waals surface area contributed by atoms with Crippen LogP contribution in [-0.4, -0.2) is 34.1 Å². The number of hydrogen-bond acceptors (Lipinski definition) is 6. The molecule has 1 saturated heterocycles. The Morgan fingerprint density at radius 3 is 2.66 bits per heavy atom. The highest BCUT2D eigenvalue weighted by atomic mass is 16.5. The summed E-state index contributed by atoms with van der Waals surface area (Å²) in [5, 5.41) is 3.01. The first kappa shape index (κ1) is 26.5. The maximum absolute atomic E-state index is 13.6. The van der Waals surface area contributed by atoms with Crippen LogP contribution >= 0.6 is 0 Å². The van der Waals surface area contributed by atoms with Crippen LogP contribution in [0.2, 0.25) is 0 Å². The van der Waals surface area contributed by atoms with E-state index in [4.69, 9.17) is 9.47 Å². The molecule has 4 aromatic rings. The molecule has 1 aromatic heterocycles. The minimum Gasteiger partial charge on any atom is -0.485 e. The molecule has 6 rings (SSSR count). The van der Waals surface area contributed by atoms with E-state index >= 15 is 0 Å². The van der Waals surface area contributed by atoms with Crippen LogP contribution in [0.1, 0.15) is 58.3 Å². The van der Waals surface area contributed by atoms with Crippen molar-refractivity contribution < 1.29 is 19.1 Å². The van der Waals surface area contributed by atoms with Gasteiger partial charge in [0, 0.05) is 60.1 Å². The van der Waals surface area contributed by atoms with Crippen molar-refractivity contribution in [2.75, 3.05) is 11.4 Å². The molecular formula is C33H32N4O4. The molecule has 2 bridgehead atoms. The summed E-state index contributed by atoms with van der Waals surface area (Å²) in [6, 6.07) is 21.3. The summed E-state index contributed by atoms with van der Waals surface area (Å²) in [6.07, 6.45) is 6.62. The Balaban J connectivity index is 1.20. The van der Waals surface area contributed by atoms with Gasteiger partial charge in [-0.25, -0.2) is 9.97 Å². The number of rotatable bonds is 8. The number of fused-ring (bicyclic) bond motifs is 4. The zero-order chi connectivity index (χ0) is 28.4. The van der Waals surface area contributed by atoms with Gasteiger partial charge >= 0.3 is 0 Å². The number of amides is 2. The number of aryl methyl sites for hydroxylation is 1. The lowest BCUT2D eigenvalue weighted by atomic mass is 9.80. The van der Waals surface area contributed by atoms with Gasteiger partial charge < -0.3 is 14.8 Å². The summed E-state index contributed by atoms with van der Waals surface area (Å²) in [6.45, 7) is 4.80. The molecule has 2 atom stereocenters. The first-order chi connectivity index (χ1) is 19.9. The Morgan fingerprint density at radius 1 is 1.07 bits per heavy atom. The van der Waals surface area contributed by atoms with Crippen molar-refractivity contribution in [2.45, 2.75) is 51.4 Å². The number of anilines is 1. The molecule has 2 aliphatic rings. The molecule has 8 nitrogen and oxygen atoms in total. The standard InChI is InChI=1S/C33H32N4O4/c1-22-9-11-23(12-10-22)13-14-36-32(39)25-5-3-6-27(15-25)37-30(38)16-26-17-33(37,2)41-31-28(26)7-4-8-29(31)40-20-24-18-34-21-35-19-24/h3-12,15,18-19,21,26H,13-14,16-17,20H2,1-2H3,(H,36,39). The number of benzene rings is 3. The summed E-state index contributed by atoms with van der Waals surface area (Å²) in [7, 11) is 0. The number of aromatic nitrogens is 2. The summed E-state index contributed by atoms with van der Waals surface area (Å²) in [5.41, 5.74) is 4.38. The largest absolute Gasteiger partial charge is 0.485 e. The van der Waals surface area contributed by atoms with Crippen molar-refractivity contribution in [1.29, 1.82) is 0 Å². The highest BCUT2D eigenvalue weighted by Crippen LogP contribution is 2.52.